The molecule has 204 valence electrons. The Hall–Kier alpha value is -3.88. The maximum absolute atomic E-state index is 5.95. The molecule has 0 aliphatic carbocycles. The number of nitrogens with one attached hydrogen (secondary N) is 1. The third-order valence-corrected chi connectivity index (χ3v) is 6.76. The monoisotopic (exact) mass is 526 g/mol. The van der Waals surface area contributed by atoms with Gasteiger partial charge in [0.2, 0.25) is 0 Å². The number of rotatable bonds is 12. The fourth-order valence-electron chi connectivity index (χ4n) is 4.66. The van der Waals surface area contributed by atoms with Gasteiger partial charge in [-0.25, -0.2) is 9.97 Å². The van der Waals surface area contributed by atoms with E-state index in [1.54, 1.807) is 0 Å². The molecule has 0 aliphatic rings. The maximum atomic E-state index is 5.95. The van der Waals surface area contributed by atoms with E-state index in [-0.39, 0.29) is 0 Å². The van der Waals surface area contributed by atoms with Crippen molar-refractivity contribution >= 4 is 22.1 Å². The molecule has 5 rings (SSSR count). The van der Waals surface area contributed by atoms with Crippen molar-refractivity contribution in [1.82, 2.24) is 29.3 Å². The van der Waals surface area contributed by atoms with Crippen molar-refractivity contribution in [3.8, 4) is 34.3 Å². The number of hydrogen-bond donors (Lipinski definition) is 1. The fraction of sp³-hybridized carbons (Fsp3) is 0.355. The molecule has 8 heteroatoms. The minimum atomic E-state index is 0.690. The first-order valence-electron chi connectivity index (χ1n) is 13.5. The summed E-state index contributed by atoms with van der Waals surface area (Å²) in [6.45, 7) is 3.39. The average Bonchev–Trinajstić information content (AvgIpc) is 3.49. The number of imidazole rings is 2. The number of fused-ring (bicyclic) bond motifs is 2. The van der Waals surface area contributed by atoms with Crippen LogP contribution >= 0.6 is 0 Å². The van der Waals surface area contributed by atoms with E-state index in [2.05, 4.69) is 84.9 Å². The molecule has 2 aromatic heterocycles. The Bertz CT molecular complexity index is 1530. The minimum Gasteiger partial charge on any atom is -0.493 e. The first kappa shape index (κ1) is 26.7. The van der Waals surface area contributed by atoms with Gasteiger partial charge in [0.1, 0.15) is 23.1 Å². The van der Waals surface area contributed by atoms with Crippen LogP contribution in [0.2, 0.25) is 0 Å². The van der Waals surface area contributed by atoms with Crippen molar-refractivity contribution in [2.75, 3.05) is 54.5 Å². The van der Waals surface area contributed by atoms with Gasteiger partial charge in [0, 0.05) is 43.4 Å². The van der Waals surface area contributed by atoms with Gasteiger partial charge in [-0.15, -0.1) is 0 Å². The van der Waals surface area contributed by atoms with Gasteiger partial charge in [-0.05, 0) is 65.3 Å². The zero-order valence-corrected chi connectivity index (χ0v) is 23.6. The van der Waals surface area contributed by atoms with Crippen LogP contribution in [-0.4, -0.2) is 83.8 Å². The predicted molar refractivity (Wildman–Crippen MR) is 159 cm³/mol. The van der Waals surface area contributed by atoms with Crippen molar-refractivity contribution in [3.63, 3.8) is 0 Å². The SMILES string of the molecule is CN(C)CCCOc1ccc2[nH]c(-c3ccc(-c4nc5cc(OCCCN(C)C)ccc5n4C)cc3)nc2c1. The van der Waals surface area contributed by atoms with Crippen LogP contribution in [0.15, 0.2) is 60.7 Å². The Labute approximate surface area is 230 Å². The molecule has 0 unspecified atom stereocenters. The molecule has 8 nitrogen and oxygen atoms in total. The number of ether oxygens (including phenoxy) is 2. The van der Waals surface area contributed by atoms with E-state index in [1.165, 1.54) is 0 Å². The van der Waals surface area contributed by atoms with E-state index in [0.717, 1.165) is 82.3 Å². The van der Waals surface area contributed by atoms with Gasteiger partial charge in [0.05, 0.1) is 35.3 Å². The van der Waals surface area contributed by atoms with E-state index >= 15 is 0 Å². The zero-order chi connectivity index (χ0) is 27.4. The number of aromatic amines is 1. The first-order chi connectivity index (χ1) is 18.9. The summed E-state index contributed by atoms with van der Waals surface area (Å²) in [6, 6.07) is 20.5. The predicted octanol–water partition coefficient (Wildman–Crippen LogP) is 5.44. The van der Waals surface area contributed by atoms with Gasteiger partial charge >= 0.3 is 0 Å². The molecule has 0 saturated carbocycles. The minimum absolute atomic E-state index is 0.690. The van der Waals surface area contributed by atoms with Gasteiger partial charge < -0.3 is 28.8 Å². The Morgan fingerprint density at radius 1 is 0.718 bits per heavy atom. The number of H-pyrrole nitrogens is 1. The smallest absolute Gasteiger partial charge is 0.140 e. The highest BCUT2D eigenvalue weighted by Gasteiger charge is 2.12. The second kappa shape index (κ2) is 11.9. The molecule has 0 radical (unpaired) electrons. The molecule has 0 aliphatic heterocycles. The standard InChI is InChI=1S/C31H38N6O2/c1-35(2)16-6-18-38-24-12-14-26-27(20-24)33-30(32-26)22-8-10-23(11-9-22)31-34-28-21-25(13-15-29(28)37(31)5)39-19-7-17-36(3)4/h8-15,20-21H,6-7,16-19H2,1-5H3,(H,32,33). The van der Waals surface area contributed by atoms with Crippen molar-refractivity contribution in [1.29, 1.82) is 0 Å². The third-order valence-electron chi connectivity index (χ3n) is 6.76. The number of aryl methyl sites for hydroxylation is 1. The number of benzene rings is 3. The maximum Gasteiger partial charge on any atom is 0.140 e. The summed E-state index contributed by atoms with van der Waals surface area (Å²) in [5.74, 6) is 3.45. The second-order valence-electron chi connectivity index (χ2n) is 10.5. The lowest BCUT2D eigenvalue weighted by Crippen LogP contribution is -2.15. The van der Waals surface area contributed by atoms with Crippen LogP contribution in [0.25, 0.3) is 44.8 Å². The van der Waals surface area contributed by atoms with Crippen LogP contribution in [0, 0.1) is 0 Å². The van der Waals surface area contributed by atoms with Crippen LogP contribution in [-0.2, 0) is 7.05 Å². The topological polar surface area (TPSA) is 71.4 Å². The first-order valence-corrected chi connectivity index (χ1v) is 13.5. The van der Waals surface area contributed by atoms with Gasteiger partial charge in [-0.1, -0.05) is 24.3 Å². The normalized spacial score (nSPS) is 11.8. The number of nitrogens with zero attached hydrogens (tertiary/aromatic N) is 5. The van der Waals surface area contributed by atoms with E-state index < -0.39 is 0 Å². The van der Waals surface area contributed by atoms with E-state index in [1.807, 2.05) is 30.3 Å². The lowest BCUT2D eigenvalue weighted by atomic mass is 10.1. The molecule has 5 aromatic rings. The van der Waals surface area contributed by atoms with Crippen LogP contribution in [0.1, 0.15) is 12.8 Å². The Balaban J connectivity index is 1.29. The molecule has 0 saturated heterocycles. The summed E-state index contributed by atoms with van der Waals surface area (Å²) in [4.78, 5) is 17.5. The highest BCUT2D eigenvalue weighted by molar-refractivity contribution is 5.83. The van der Waals surface area contributed by atoms with Crippen LogP contribution < -0.4 is 9.47 Å². The molecule has 39 heavy (non-hydrogen) atoms. The van der Waals surface area contributed by atoms with E-state index in [0.29, 0.717) is 13.2 Å². The summed E-state index contributed by atoms with van der Waals surface area (Å²) >= 11 is 0. The quantitative estimate of drug-likeness (QED) is 0.218. The lowest BCUT2D eigenvalue weighted by Gasteiger charge is -2.10. The van der Waals surface area contributed by atoms with Crippen molar-refractivity contribution in [3.05, 3.63) is 60.7 Å². The molecule has 2 heterocycles. The molecule has 0 amide bonds. The summed E-state index contributed by atoms with van der Waals surface area (Å²) in [5.41, 5.74) is 5.97. The summed E-state index contributed by atoms with van der Waals surface area (Å²) in [7, 11) is 10.3. The highest BCUT2D eigenvalue weighted by Crippen LogP contribution is 2.29. The summed E-state index contributed by atoms with van der Waals surface area (Å²) in [5, 5.41) is 0. The van der Waals surface area contributed by atoms with Crippen molar-refractivity contribution in [2.45, 2.75) is 12.8 Å². The van der Waals surface area contributed by atoms with Crippen LogP contribution in [0.5, 0.6) is 11.5 Å². The van der Waals surface area contributed by atoms with Crippen LogP contribution in [0.4, 0.5) is 0 Å². The lowest BCUT2D eigenvalue weighted by molar-refractivity contribution is 0.282. The third kappa shape index (κ3) is 6.41. The van der Waals surface area contributed by atoms with E-state index in [9.17, 15) is 0 Å². The summed E-state index contributed by atoms with van der Waals surface area (Å²) < 4.78 is 14.0. The molecule has 0 bridgehead atoms. The molecule has 0 fully saturated rings. The van der Waals surface area contributed by atoms with Crippen molar-refractivity contribution < 1.29 is 9.47 Å². The Kier molecular flexibility index (Phi) is 8.14. The van der Waals surface area contributed by atoms with Crippen molar-refractivity contribution in [2.24, 2.45) is 7.05 Å². The molecular weight excluding hydrogens is 488 g/mol. The van der Waals surface area contributed by atoms with Gasteiger partial charge in [0.15, 0.2) is 0 Å². The molecular formula is C31H38N6O2. The van der Waals surface area contributed by atoms with E-state index in [4.69, 9.17) is 19.4 Å². The second-order valence-corrected chi connectivity index (χ2v) is 10.5. The largest absolute Gasteiger partial charge is 0.493 e. The van der Waals surface area contributed by atoms with Crippen LogP contribution in [0.3, 0.4) is 0 Å². The molecule has 1 N–H and O–H groups in total. The van der Waals surface area contributed by atoms with Gasteiger partial charge in [0.25, 0.3) is 0 Å². The molecule has 3 aromatic carbocycles. The number of hydrogen-bond acceptors (Lipinski definition) is 6. The number of aromatic nitrogens is 4. The zero-order valence-electron chi connectivity index (χ0n) is 23.6. The Morgan fingerprint density at radius 2 is 1.31 bits per heavy atom. The Morgan fingerprint density at radius 3 is 1.95 bits per heavy atom. The van der Waals surface area contributed by atoms with Gasteiger partial charge in [-0.3, -0.25) is 0 Å². The highest BCUT2D eigenvalue weighted by atomic mass is 16.5. The molecule has 0 spiro atoms. The average molecular weight is 527 g/mol. The summed E-state index contributed by atoms with van der Waals surface area (Å²) in [6.07, 6.45) is 1.98. The van der Waals surface area contributed by atoms with Gasteiger partial charge in [-0.2, -0.15) is 0 Å². The molecule has 0 atom stereocenters. The fourth-order valence-corrected chi connectivity index (χ4v) is 4.66.